The van der Waals surface area contributed by atoms with Crippen LogP contribution in [-0.4, -0.2) is 15.5 Å². The summed E-state index contributed by atoms with van der Waals surface area (Å²) in [6, 6.07) is 0. The minimum Gasteiger partial charge on any atom is -0.368 e. The van der Waals surface area contributed by atoms with Crippen LogP contribution in [0.1, 0.15) is 31.0 Å². The zero-order chi connectivity index (χ0) is 10.7. The summed E-state index contributed by atoms with van der Waals surface area (Å²) < 4.78 is 1.85. The van der Waals surface area contributed by atoms with Crippen molar-refractivity contribution in [3.63, 3.8) is 0 Å². The van der Waals surface area contributed by atoms with Crippen LogP contribution in [0.3, 0.4) is 0 Å². The van der Waals surface area contributed by atoms with Gasteiger partial charge in [0.2, 0.25) is 5.91 Å². The molecule has 80 valence electrons. The number of hydrogen-bond donors (Lipinski definition) is 1. The molecule has 1 aromatic heterocycles. The van der Waals surface area contributed by atoms with Gasteiger partial charge >= 0.3 is 0 Å². The monoisotopic (exact) mass is 205 g/mol. The molecule has 1 aliphatic rings. The van der Waals surface area contributed by atoms with E-state index < -0.39 is 0 Å². The molecule has 4 nitrogen and oxygen atoms in total. The number of nitrogens with zero attached hydrogens (tertiary/aromatic N) is 2. The van der Waals surface area contributed by atoms with Gasteiger partial charge in [-0.1, -0.05) is 12.2 Å². The van der Waals surface area contributed by atoms with Crippen LogP contribution in [0.5, 0.6) is 0 Å². The summed E-state index contributed by atoms with van der Waals surface area (Å²) in [5.41, 5.74) is 5.18. The summed E-state index contributed by atoms with van der Waals surface area (Å²) in [5, 5.41) is 0. The molecule has 4 heteroatoms. The van der Waals surface area contributed by atoms with Gasteiger partial charge in [0.25, 0.3) is 0 Å². The Balaban J connectivity index is 2.16. The third-order valence-corrected chi connectivity index (χ3v) is 2.71. The van der Waals surface area contributed by atoms with Crippen molar-refractivity contribution in [3.05, 3.63) is 30.4 Å². The van der Waals surface area contributed by atoms with Gasteiger partial charge in [-0.2, -0.15) is 0 Å². The quantitative estimate of drug-likeness (QED) is 0.753. The summed E-state index contributed by atoms with van der Waals surface area (Å²) >= 11 is 0. The normalized spacial score (nSPS) is 20.4. The Morgan fingerprint density at radius 1 is 1.60 bits per heavy atom. The first-order valence-electron chi connectivity index (χ1n) is 5.21. The van der Waals surface area contributed by atoms with E-state index in [1.54, 1.807) is 6.20 Å². The summed E-state index contributed by atoms with van der Waals surface area (Å²) in [5.74, 6) is 1.10. The van der Waals surface area contributed by atoms with Gasteiger partial charge in [0, 0.05) is 18.3 Å². The number of nitrogens with two attached hydrogens (primary N) is 1. The zero-order valence-electron chi connectivity index (χ0n) is 8.60. The molecule has 1 atom stereocenters. The van der Waals surface area contributed by atoms with E-state index in [1.807, 2.05) is 10.8 Å². The molecular formula is C11H15N3O. The van der Waals surface area contributed by atoms with Gasteiger partial charge in [0.15, 0.2) is 0 Å². The molecule has 15 heavy (non-hydrogen) atoms. The van der Waals surface area contributed by atoms with Crippen molar-refractivity contribution in [1.29, 1.82) is 0 Å². The Morgan fingerprint density at radius 3 is 3.13 bits per heavy atom. The van der Waals surface area contributed by atoms with Crippen LogP contribution < -0.4 is 5.73 Å². The lowest BCUT2D eigenvalue weighted by Gasteiger charge is -2.18. The molecule has 0 saturated carbocycles. The van der Waals surface area contributed by atoms with E-state index in [-0.39, 0.29) is 12.5 Å². The molecular weight excluding hydrogens is 190 g/mol. The highest BCUT2D eigenvalue weighted by molar-refractivity contribution is 5.73. The molecule has 0 aromatic carbocycles. The highest BCUT2D eigenvalue weighted by Gasteiger charge is 2.17. The number of imidazole rings is 1. The van der Waals surface area contributed by atoms with Crippen molar-refractivity contribution in [1.82, 2.24) is 9.55 Å². The largest absolute Gasteiger partial charge is 0.368 e. The number of primary amides is 1. The first-order valence-corrected chi connectivity index (χ1v) is 5.21. The Kier molecular flexibility index (Phi) is 2.85. The topological polar surface area (TPSA) is 60.9 Å². The van der Waals surface area contributed by atoms with Gasteiger partial charge in [-0.15, -0.1) is 0 Å². The molecule has 1 aromatic rings. The first-order chi connectivity index (χ1) is 7.27. The Labute approximate surface area is 88.8 Å². The Bertz CT molecular complexity index is 381. The summed E-state index contributed by atoms with van der Waals surface area (Å²) in [6.07, 6.45) is 11.1. The van der Waals surface area contributed by atoms with Crippen LogP contribution in [0.2, 0.25) is 0 Å². The molecule has 0 fully saturated rings. The molecule has 0 aliphatic heterocycles. The Hall–Kier alpha value is -1.58. The first kappa shape index (κ1) is 9.96. The predicted octanol–water partition coefficient (Wildman–Crippen LogP) is 1.19. The second-order valence-corrected chi connectivity index (χ2v) is 3.86. The van der Waals surface area contributed by atoms with Gasteiger partial charge in [-0.3, -0.25) is 4.79 Å². The fraction of sp³-hybridized carbons (Fsp3) is 0.455. The molecule has 2 N–H and O–H groups in total. The fourth-order valence-electron chi connectivity index (χ4n) is 2.01. The minimum atomic E-state index is -0.319. The minimum absolute atomic E-state index is 0.232. The SMILES string of the molecule is NC(=O)Cn1ccnc1C1CC=CCC1. The molecule has 0 saturated heterocycles. The van der Waals surface area contributed by atoms with Gasteiger partial charge in [-0.25, -0.2) is 4.98 Å². The Morgan fingerprint density at radius 2 is 2.47 bits per heavy atom. The van der Waals surface area contributed by atoms with E-state index in [0.717, 1.165) is 25.1 Å². The molecule has 1 aliphatic carbocycles. The highest BCUT2D eigenvalue weighted by Crippen LogP contribution is 2.27. The second kappa shape index (κ2) is 4.29. The average molecular weight is 205 g/mol. The molecule has 1 heterocycles. The molecule has 1 unspecified atom stereocenters. The van der Waals surface area contributed by atoms with E-state index in [1.165, 1.54) is 0 Å². The van der Waals surface area contributed by atoms with Crippen LogP contribution >= 0.6 is 0 Å². The lowest BCUT2D eigenvalue weighted by molar-refractivity contribution is -0.118. The summed E-state index contributed by atoms with van der Waals surface area (Å²) in [6.45, 7) is 0.232. The van der Waals surface area contributed by atoms with E-state index in [4.69, 9.17) is 5.73 Å². The van der Waals surface area contributed by atoms with Crippen molar-refractivity contribution in [2.45, 2.75) is 31.7 Å². The van der Waals surface area contributed by atoms with Crippen LogP contribution in [0.15, 0.2) is 24.5 Å². The van der Waals surface area contributed by atoms with Gasteiger partial charge in [0.1, 0.15) is 12.4 Å². The van der Waals surface area contributed by atoms with E-state index >= 15 is 0 Å². The number of allylic oxidation sites excluding steroid dienone is 2. The maximum atomic E-state index is 10.9. The molecule has 0 bridgehead atoms. The number of carbonyl (C=O) groups excluding carboxylic acids is 1. The number of carbonyl (C=O) groups is 1. The fourth-order valence-corrected chi connectivity index (χ4v) is 2.01. The summed E-state index contributed by atoms with van der Waals surface area (Å²) in [4.78, 5) is 15.2. The van der Waals surface area contributed by atoms with E-state index in [2.05, 4.69) is 17.1 Å². The third kappa shape index (κ3) is 2.26. The smallest absolute Gasteiger partial charge is 0.237 e. The van der Waals surface area contributed by atoms with Gasteiger partial charge in [-0.05, 0) is 19.3 Å². The molecule has 1 amide bonds. The highest BCUT2D eigenvalue weighted by atomic mass is 16.1. The molecule has 0 radical (unpaired) electrons. The molecule has 2 rings (SSSR count). The van der Waals surface area contributed by atoms with Crippen LogP contribution in [0, 0.1) is 0 Å². The van der Waals surface area contributed by atoms with Gasteiger partial charge in [0.05, 0.1) is 0 Å². The van der Waals surface area contributed by atoms with Crippen LogP contribution in [0.4, 0.5) is 0 Å². The number of amides is 1. The van der Waals surface area contributed by atoms with Crippen molar-refractivity contribution >= 4 is 5.91 Å². The second-order valence-electron chi connectivity index (χ2n) is 3.86. The lowest BCUT2D eigenvalue weighted by Crippen LogP contribution is -2.21. The van der Waals surface area contributed by atoms with Crippen LogP contribution in [-0.2, 0) is 11.3 Å². The molecule has 0 spiro atoms. The number of hydrogen-bond acceptors (Lipinski definition) is 2. The van der Waals surface area contributed by atoms with Crippen molar-refractivity contribution < 1.29 is 4.79 Å². The van der Waals surface area contributed by atoms with Gasteiger partial charge < -0.3 is 10.3 Å². The summed E-state index contributed by atoms with van der Waals surface area (Å²) in [7, 11) is 0. The third-order valence-electron chi connectivity index (χ3n) is 2.71. The maximum Gasteiger partial charge on any atom is 0.237 e. The maximum absolute atomic E-state index is 10.9. The van der Waals surface area contributed by atoms with Crippen molar-refractivity contribution in [2.24, 2.45) is 5.73 Å². The van der Waals surface area contributed by atoms with E-state index in [9.17, 15) is 4.79 Å². The number of aromatic nitrogens is 2. The van der Waals surface area contributed by atoms with Crippen molar-refractivity contribution in [3.8, 4) is 0 Å². The van der Waals surface area contributed by atoms with Crippen molar-refractivity contribution in [2.75, 3.05) is 0 Å². The number of rotatable bonds is 3. The standard InChI is InChI=1S/C11H15N3O/c12-10(15)8-14-7-6-13-11(14)9-4-2-1-3-5-9/h1-2,6-7,9H,3-5,8H2,(H2,12,15). The lowest BCUT2D eigenvalue weighted by atomic mass is 9.94. The van der Waals surface area contributed by atoms with E-state index in [0.29, 0.717) is 5.92 Å². The zero-order valence-corrected chi connectivity index (χ0v) is 8.60. The average Bonchev–Trinajstić information content (AvgIpc) is 2.66. The predicted molar refractivity (Wildman–Crippen MR) is 57.2 cm³/mol. The van der Waals surface area contributed by atoms with Crippen LogP contribution in [0.25, 0.3) is 0 Å².